The number of alkyl halides is 3. The van der Waals surface area contributed by atoms with E-state index in [0.717, 1.165) is 10.5 Å². The normalized spacial score (nSPS) is 22.5. The van der Waals surface area contributed by atoms with Crippen LogP contribution >= 0.6 is 0 Å². The first-order valence-electron chi connectivity index (χ1n) is 7.14. The van der Waals surface area contributed by atoms with E-state index in [0.29, 0.717) is 0 Å². The third-order valence-corrected chi connectivity index (χ3v) is 3.94. The van der Waals surface area contributed by atoms with E-state index in [1.54, 1.807) is 24.3 Å². The van der Waals surface area contributed by atoms with Crippen LogP contribution in [-0.2, 0) is 11.3 Å². The number of piperidine rings is 1. The van der Waals surface area contributed by atoms with Crippen LogP contribution in [0.3, 0.4) is 0 Å². The van der Waals surface area contributed by atoms with Gasteiger partial charge in [0, 0.05) is 13.1 Å². The Kier molecular flexibility index (Phi) is 5.28. The number of rotatable bonds is 3. The van der Waals surface area contributed by atoms with Crippen LogP contribution in [0.25, 0.3) is 0 Å². The lowest BCUT2D eigenvalue weighted by Crippen LogP contribution is -2.50. The van der Waals surface area contributed by atoms with E-state index in [2.05, 4.69) is 0 Å². The molecule has 2 N–H and O–H groups in total. The molecule has 0 bridgehead atoms. The molecule has 0 aromatic heterocycles. The molecule has 22 heavy (non-hydrogen) atoms. The highest BCUT2D eigenvalue weighted by molar-refractivity contribution is 5.67. The molecule has 4 nitrogen and oxygen atoms in total. The monoisotopic (exact) mass is 316 g/mol. The fourth-order valence-electron chi connectivity index (χ4n) is 2.63. The molecule has 0 spiro atoms. The zero-order chi connectivity index (χ0) is 16.2. The van der Waals surface area contributed by atoms with Gasteiger partial charge in [0.2, 0.25) is 0 Å². The maximum atomic E-state index is 13.0. The number of carbonyl (C=O) groups is 1. The van der Waals surface area contributed by atoms with Crippen molar-refractivity contribution in [3.05, 3.63) is 35.9 Å². The first kappa shape index (κ1) is 16.6. The summed E-state index contributed by atoms with van der Waals surface area (Å²) in [5.41, 5.74) is 6.20. The van der Waals surface area contributed by atoms with Crippen LogP contribution in [0.2, 0.25) is 0 Å². The fraction of sp³-hybridized carbons (Fsp3) is 0.533. The van der Waals surface area contributed by atoms with Crippen molar-refractivity contribution in [3.63, 3.8) is 0 Å². The average Bonchev–Trinajstić information content (AvgIpc) is 2.52. The highest BCUT2D eigenvalue weighted by Gasteiger charge is 2.47. The zero-order valence-electron chi connectivity index (χ0n) is 12.1. The molecule has 2 atom stereocenters. The molecular weight excluding hydrogens is 297 g/mol. The molecule has 1 saturated heterocycles. The Morgan fingerprint density at radius 3 is 2.59 bits per heavy atom. The molecule has 1 aromatic carbocycles. The molecule has 122 valence electrons. The lowest BCUT2D eigenvalue weighted by molar-refractivity contribution is -0.198. The number of ether oxygens (including phenoxy) is 1. The Morgan fingerprint density at radius 2 is 2.00 bits per heavy atom. The minimum Gasteiger partial charge on any atom is -0.445 e. The maximum absolute atomic E-state index is 13.0. The summed E-state index contributed by atoms with van der Waals surface area (Å²) >= 11 is 0. The van der Waals surface area contributed by atoms with Crippen molar-refractivity contribution in [1.29, 1.82) is 0 Å². The molecule has 1 aliphatic rings. The third kappa shape index (κ3) is 4.13. The first-order valence-corrected chi connectivity index (χ1v) is 7.14. The third-order valence-electron chi connectivity index (χ3n) is 3.94. The largest absolute Gasteiger partial charge is 0.445 e. The van der Waals surface area contributed by atoms with Gasteiger partial charge in [-0.1, -0.05) is 30.3 Å². The van der Waals surface area contributed by atoms with Crippen LogP contribution in [0.5, 0.6) is 0 Å². The van der Waals surface area contributed by atoms with E-state index in [1.807, 2.05) is 6.07 Å². The summed E-state index contributed by atoms with van der Waals surface area (Å²) in [4.78, 5) is 13.1. The number of nitrogens with two attached hydrogens (primary N) is 1. The number of carbonyl (C=O) groups excluding carboxylic acids is 1. The van der Waals surface area contributed by atoms with E-state index in [9.17, 15) is 18.0 Å². The predicted molar refractivity (Wildman–Crippen MR) is 74.9 cm³/mol. The average molecular weight is 316 g/mol. The van der Waals surface area contributed by atoms with E-state index < -0.39 is 24.1 Å². The van der Waals surface area contributed by atoms with E-state index in [1.165, 1.54) is 0 Å². The number of amides is 1. The summed E-state index contributed by atoms with van der Waals surface area (Å²) in [5, 5.41) is 0. The van der Waals surface area contributed by atoms with Crippen molar-refractivity contribution >= 4 is 6.09 Å². The van der Waals surface area contributed by atoms with E-state index in [-0.39, 0.29) is 32.7 Å². The van der Waals surface area contributed by atoms with E-state index in [4.69, 9.17) is 10.5 Å². The molecule has 1 aliphatic heterocycles. The molecule has 0 unspecified atom stereocenters. The fourth-order valence-corrected chi connectivity index (χ4v) is 2.63. The summed E-state index contributed by atoms with van der Waals surface area (Å²) < 4.78 is 44.2. The van der Waals surface area contributed by atoms with Crippen molar-refractivity contribution < 1.29 is 22.7 Å². The second-order valence-corrected chi connectivity index (χ2v) is 5.42. The van der Waals surface area contributed by atoms with Crippen LogP contribution in [0.4, 0.5) is 18.0 Å². The van der Waals surface area contributed by atoms with Crippen molar-refractivity contribution in [2.75, 3.05) is 19.6 Å². The quantitative estimate of drug-likeness (QED) is 0.933. The van der Waals surface area contributed by atoms with Crippen molar-refractivity contribution in [2.45, 2.75) is 19.2 Å². The van der Waals surface area contributed by atoms with Crippen molar-refractivity contribution in [2.24, 2.45) is 17.6 Å². The minimum absolute atomic E-state index is 0.0307. The van der Waals surface area contributed by atoms with Crippen LogP contribution in [0, 0.1) is 11.8 Å². The van der Waals surface area contributed by atoms with Crippen molar-refractivity contribution in [1.82, 2.24) is 4.90 Å². The van der Waals surface area contributed by atoms with Gasteiger partial charge in [0.15, 0.2) is 0 Å². The topological polar surface area (TPSA) is 55.6 Å². The van der Waals surface area contributed by atoms with Gasteiger partial charge in [-0.15, -0.1) is 0 Å². The van der Waals surface area contributed by atoms with Gasteiger partial charge in [-0.2, -0.15) is 13.2 Å². The molecule has 0 radical (unpaired) electrons. The van der Waals surface area contributed by atoms with Crippen molar-refractivity contribution in [3.8, 4) is 0 Å². The Hall–Kier alpha value is -1.76. The Bertz CT molecular complexity index is 493. The van der Waals surface area contributed by atoms with Gasteiger partial charge in [-0.25, -0.2) is 4.79 Å². The van der Waals surface area contributed by atoms with Gasteiger partial charge < -0.3 is 15.4 Å². The summed E-state index contributed by atoms with van der Waals surface area (Å²) in [7, 11) is 0. The lowest BCUT2D eigenvalue weighted by Gasteiger charge is -2.38. The lowest BCUT2D eigenvalue weighted by atomic mass is 9.85. The van der Waals surface area contributed by atoms with Crippen LogP contribution in [-0.4, -0.2) is 36.8 Å². The number of halogens is 3. The van der Waals surface area contributed by atoms with Gasteiger partial charge in [0.25, 0.3) is 0 Å². The van der Waals surface area contributed by atoms with E-state index >= 15 is 0 Å². The van der Waals surface area contributed by atoms with Gasteiger partial charge in [0.05, 0.1) is 5.92 Å². The molecule has 0 saturated carbocycles. The van der Waals surface area contributed by atoms with Gasteiger partial charge >= 0.3 is 12.3 Å². The van der Waals surface area contributed by atoms with Crippen LogP contribution in [0.1, 0.15) is 12.0 Å². The zero-order valence-corrected chi connectivity index (χ0v) is 12.1. The molecule has 0 aliphatic carbocycles. The number of hydrogen-bond acceptors (Lipinski definition) is 3. The molecule has 7 heteroatoms. The number of benzene rings is 1. The number of likely N-dealkylation sites (tertiary alicyclic amines) is 1. The Balaban J connectivity index is 1.93. The molecular formula is C15H19F3N2O2. The second-order valence-electron chi connectivity index (χ2n) is 5.42. The highest BCUT2D eigenvalue weighted by atomic mass is 19.4. The first-order chi connectivity index (χ1) is 10.4. The highest BCUT2D eigenvalue weighted by Crippen LogP contribution is 2.36. The Morgan fingerprint density at radius 1 is 1.32 bits per heavy atom. The SMILES string of the molecule is NC[C@H]1CCN(C(=O)OCc2ccccc2)C[C@@H]1C(F)(F)F. The molecule has 1 amide bonds. The molecule has 1 fully saturated rings. The summed E-state index contributed by atoms with van der Waals surface area (Å²) in [6.45, 7) is -0.134. The minimum atomic E-state index is -4.36. The van der Waals surface area contributed by atoms with Crippen LogP contribution in [0.15, 0.2) is 30.3 Å². The predicted octanol–water partition coefficient (Wildman–Crippen LogP) is 2.78. The molecule has 1 heterocycles. The molecule has 1 aromatic rings. The van der Waals surface area contributed by atoms with Crippen LogP contribution < -0.4 is 5.73 Å². The maximum Gasteiger partial charge on any atom is 0.410 e. The second kappa shape index (κ2) is 7.00. The molecule has 2 rings (SSSR count). The standard InChI is InChI=1S/C15H19F3N2O2/c16-15(17,18)13-9-20(7-6-12(13)8-19)14(21)22-10-11-4-2-1-3-5-11/h1-5,12-13H,6-10,19H2/t12-,13+/m1/s1. The van der Waals surface area contributed by atoms with Gasteiger partial charge in [-0.05, 0) is 24.4 Å². The van der Waals surface area contributed by atoms with Gasteiger partial charge in [-0.3, -0.25) is 0 Å². The Labute approximate surface area is 127 Å². The number of hydrogen-bond donors (Lipinski definition) is 1. The smallest absolute Gasteiger partial charge is 0.410 e. The number of nitrogens with zero attached hydrogens (tertiary/aromatic N) is 1. The summed E-state index contributed by atoms with van der Waals surface area (Å²) in [6.07, 6.45) is -4.84. The summed E-state index contributed by atoms with van der Waals surface area (Å²) in [6, 6.07) is 9.00. The van der Waals surface area contributed by atoms with Gasteiger partial charge in [0.1, 0.15) is 6.61 Å². The summed E-state index contributed by atoms with van der Waals surface area (Å²) in [5.74, 6) is -2.23.